The van der Waals surface area contributed by atoms with Crippen molar-refractivity contribution in [3.63, 3.8) is 0 Å². The maximum Gasteiger partial charge on any atom is 0.338 e. The molecule has 24 heavy (non-hydrogen) atoms. The van der Waals surface area contributed by atoms with Crippen LogP contribution in [0.25, 0.3) is 10.8 Å². The van der Waals surface area contributed by atoms with Crippen molar-refractivity contribution in [3.8, 4) is 0 Å². The van der Waals surface area contributed by atoms with E-state index in [0.29, 0.717) is 5.69 Å². The zero-order chi connectivity index (χ0) is 16.9. The molecular formula is C19H14FNO3. The molecule has 0 aromatic heterocycles. The lowest BCUT2D eigenvalue weighted by Gasteiger charge is -2.09. The highest BCUT2D eigenvalue weighted by molar-refractivity contribution is 6.03. The molecule has 1 amide bonds. The van der Waals surface area contributed by atoms with Crippen molar-refractivity contribution in [2.75, 3.05) is 11.9 Å². The van der Waals surface area contributed by atoms with Gasteiger partial charge in [0.1, 0.15) is 5.82 Å². The van der Waals surface area contributed by atoms with Gasteiger partial charge in [0.15, 0.2) is 6.61 Å². The Bertz CT molecular complexity index is 885. The summed E-state index contributed by atoms with van der Waals surface area (Å²) in [6.45, 7) is -0.417. The van der Waals surface area contributed by atoms with Crippen molar-refractivity contribution in [1.82, 2.24) is 0 Å². The predicted molar refractivity (Wildman–Crippen MR) is 89.3 cm³/mol. The third kappa shape index (κ3) is 3.57. The van der Waals surface area contributed by atoms with E-state index in [4.69, 9.17) is 4.74 Å². The summed E-state index contributed by atoms with van der Waals surface area (Å²) in [5, 5.41) is 4.62. The molecule has 0 aliphatic rings. The molecule has 0 bridgehead atoms. The van der Waals surface area contributed by atoms with Crippen LogP contribution in [0.4, 0.5) is 10.1 Å². The van der Waals surface area contributed by atoms with Gasteiger partial charge in [-0.3, -0.25) is 4.79 Å². The highest BCUT2D eigenvalue weighted by Gasteiger charge is 2.11. The van der Waals surface area contributed by atoms with Crippen molar-refractivity contribution in [3.05, 3.63) is 78.1 Å². The lowest BCUT2D eigenvalue weighted by Crippen LogP contribution is -2.21. The van der Waals surface area contributed by atoms with Crippen molar-refractivity contribution < 1.29 is 18.7 Å². The number of esters is 1. The number of hydrogen-bond acceptors (Lipinski definition) is 3. The Morgan fingerprint density at radius 1 is 0.917 bits per heavy atom. The van der Waals surface area contributed by atoms with Crippen LogP contribution in [0.2, 0.25) is 0 Å². The first-order chi connectivity index (χ1) is 11.6. The zero-order valence-corrected chi connectivity index (χ0v) is 12.7. The molecule has 3 rings (SSSR count). The monoisotopic (exact) mass is 323 g/mol. The molecule has 3 aromatic rings. The number of fused-ring (bicyclic) bond motifs is 1. The molecule has 0 aliphatic heterocycles. The summed E-state index contributed by atoms with van der Waals surface area (Å²) in [6.07, 6.45) is 0. The Labute approximate surface area is 137 Å². The van der Waals surface area contributed by atoms with Crippen LogP contribution in [-0.2, 0) is 9.53 Å². The van der Waals surface area contributed by atoms with Gasteiger partial charge >= 0.3 is 5.97 Å². The number of hydrogen-bond donors (Lipinski definition) is 1. The molecule has 0 saturated heterocycles. The molecular weight excluding hydrogens is 309 g/mol. The fraction of sp³-hybridized carbons (Fsp3) is 0.0526. The second-order valence-electron chi connectivity index (χ2n) is 5.16. The summed E-state index contributed by atoms with van der Waals surface area (Å²) >= 11 is 0. The van der Waals surface area contributed by atoms with Gasteiger partial charge in [0, 0.05) is 11.1 Å². The number of nitrogens with one attached hydrogen (secondary N) is 1. The third-order valence-corrected chi connectivity index (χ3v) is 3.48. The quantitative estimate of drug-likeness (QED) is 0.744. The Kier molecular flexibility index (Phi) is 4.52. The number of carbonyl (C=O) groups excluding carboxylic acids is 2. The lowest BCUT2D eigenvalue weighted by molar-refractivity contribution is -0.119. The minimum absolute atomic E-state index is 0.189. The topological polar surface area (TPSA) is 55.4 Å². The first-order valence-corrected chi connectivity index (χ1v) is 7.34. The maximum atomic E-state index is 12.8. The van der Waals surface area contributed by atoms with Crippen molar-refractivity contribution in [2.45, 2.75) is 0 Å². The number of ether oxygens (including phenoxy) is 1. The number of halogens is 1. The molecule has 0 fully saturated rings. The van der Waals surface area contributed by atoms with Crippen LogP contribution in [0.3, 0.4) is 0 Å². The fourth-order valence-electron chi connectivity index (χ4n) is 2.32. The third-order valence-electron chi connectivity index (χ3n) is 3.48. The molecule has 0 unspecified atom stereocenters. The normalized spacial score (nSPS) is 10.4. The molecule has 0 heterocycles. The van der Waals surface area contributed by atoms with Crippen molar-refractivity contribution in [2.24, 2.45) is 0 Å². The Hall–Kier alpha value is -3.21. The summed E-state index contributed by atoms with van der Waals surface area (Å²) in [5.74, 6) is -1.56. The lowest BCUT2D eigenvalue weighted by atomic mass is 10.1. The van der Waals surface area contributed by atoms with E-state index >= 15 is 0 Å². The Balaban J connectivity index is 1.63. The van der Waals surface area contributed by atoms with Gasteiger partial charge in [-0.05, 0) is 35.7 Å². The second-order valence-corrected chi connectivity index (χ2v) is 5.16. The van der Waals surface area contributed by atoms with E-state index in [1.54, 1.807) is 6.07 Å². The number of benzene rings is 3. The molecule has 0 radical (unpaired) electrons. The molecule has 1 N–H and O–H groups in total. The number of rotatable bonds is 4. The first-order valence-electron chi connectivity index (χ1n) is 7.34. The highest BCUT2D eigenvalue weighted by Crippen LogP contribution is 2.22. The van der Waals surface area contributed by atoms with E-state index in [9.17, 15) is 14.0 Å². The summed E-state index contributed by atoms with van der Waals surface area (Å²) in [6, 6.07) is 18.1. The largest absolute Gasteiger partial charge is 0.452 e. The molecule has 5 heteroatoms. The van der Waals surface area contributed by atoms with E-state index in [0.717, 1.165) is 22.9 Å². The van der Waals surface area contributed by atoms with E-state index in [1.165, 1.54) is 12.1 Å². The van der Waals surface area contributed by atoms with Crippen LogP contribution in [0, 0.1) is 5.82 Å². The van der Waals surface area contributed by atoms with E-state index < -0.39 is 24.3 Å². The molecule has 0 atom stereocenters. The Morgan fingerprint density at radius 2 is 1.62 bits per heavy atom. The first kappa shape index (κ1) is 15.7. The number of anilines is 1. The second kappa shape index (κ2) is 6.91. The van der Waals surface area contributed by atoms with E-state index in [-0.39, 0.29) is 5.56 Å². The zero-order valence-electron chi connectivity index (χ0n) is 12.7. The molecule has 0 aliphatic carbocycles. The average molecular weight is 323 g/mol. The van der Waals surface area contributed by atoms with Gasteiger partial charge < -0.3 is 10.1 Å². The Morgan fingerprint density at radius 3 is 2.42 bits per heavy atom. The van der Waals surface area contributed by atoms with E-state index in [2.05, 4.69) is 5.32 Å². The van der Waals surface area contributed by atoms with Crippen LogP contribution in [0.5, 0.6) is 0 Å². The molecule has 0 saturated carbocycles. The smallest absolute Gasteiger partial charge is 0.338 e. The van der Waals surface area contributed by atoms with Crippen LogP contribution in [0.15, 0.2) is 66.7 Å². The maximum absolute atomic E-state index is 12.8. The summed E-state index contributed by atoms with van der Waals surface area (Å²) in [5.41, 5.74) is 0.838. The van der Waals surface area contributed by atoms with Crippen molar-refractivity contribution in [1.29, 1.82) is 0 Å². The standard InChI is InChI=1S/C19H14FNO3/c20-15-10-8-14(9-11-15)19(23)24-12-18(22)21-17-7-3-5-13-4-1-2-6-16(13)17/h1-11H,12H2,(H,21,22). The van der Waals surface area contributed by atoms with Crippen LogP contribution >= 0.6 is 0 Å². The van der Waals surface area contributed by atoms with Crippen LogP contribution in [-0.4, -0.2) is 18.5 Å². The minimum Gasteiger partial charge on any atom is -0.452 e. The van der Waals surface area contributed by atoms with Crippen LogP contribution < -0.4 is 5.32 Å². The van der Waals surface area contributed by atoms with Gasteiger partial charge in [-0.1, -0.05) is 36.4 Å². The average Bonchev–Trinajstić information content (AvgIpc) is 2.61. The van der Waals surface area contributed by atoms with Crippen LogP contribution in [0.1, 0.15) is 10.4 Å². The summed E-state index contributed by atoms with van der Waals surface area (Å²) < 4.78 is 17.8. The van der Waals surface area contributed by atoms with E-state index in [1.807, 2.05) is 36.4 Å². The van der Waals surface area contributed by atoms with Gasteiger partial charge in [0.25, 0.3) is 5.91 Å². The van der Waals surface area contributed by atoms with Gasteiger partial charge in [-0.25, -0.2) is 9.18 Å². The summed E-state index contributed by atoms with van der Waals surface area (Å²) in [7, 11) is 0. The van der Waals surface area contributed by atoms with Gasteiger partial charge in [0.2, 0.25) is 0 Å². The molecule has 120 valence electrons. The molecule has 4 nitrogen and oxygen atoms in total. The highest BCUT2D eigenvalue weighted by atomic mass is 19.1. The number of carbonyl (C=O) groups is 2. The summed E-state index contributed by atoms with van der Waals surface area (Å²) in [4.78, 5) is 23.8. The van der Waals surface area contributed by atoms with Gasteiger partial charge in [-0.2, -0.15) is 0 Å². The van der Waals surface area contributed by atoms with Crippen molar-refractivity contribution >= 4 is 28.3 Å². The minimum atomic E-state index is -0.678. The molecule has 3 aromatic carbocycles. The van der Waals surface area contributed by atoms with Gasteiger partial charge in [0.05, 0.1) is 5.56 Å². The molecule has 0 spiro atoms. The number of amides is 1. The van der Waals surface area contributed by atoms with Gasteiger partial charge in [-0.15, -0.1) is 0 Å². The fourth-order valence-corrected chi connectivity index (χ4v) is 2.32. The SMILES string of the molecule is O=C(COC(=O)c1ccc(F)cc1)Nc1cccc2ccccc12. The predicted octanol–water partition coefficient (Wildman–Crippen LogP) is 3.77.